The van der Waals surface area contributed by atoms with Gasteiger partial charge in [-0.05, 0) is 78.4 Å². The highest BCUT2D eigenvalue weighted by molar-refractivity contribution is 5.98. The van der Waals surface area contributed by atoms with Gasteiger partial charge in [-0.2, -0.15) is 0 Å². The molecular weight excluding hydrogens is 316 g/mol. The molecule has 0 unspecified atom stereocenters. The van der Waals surface area contributed by atoms with Crippen LogP contribution in [-0.2, 0) is 6.42 Å². The summed E-state index contributed by atoms with van der Waals surface area (Å²) >= 11 is 0. The van der Waals surface area contributed by atoms with E-state index in [0.29, 0.717) is 0 Å². The number of hydrogen-bond donors (Lipinski definition) is 0. The van der Waals surface area contributed by atoms with E-state index in [2.05, 4.69) is 66.3 Å². The van der Waals surface area contributed by atoms with Crippen LogP contribution in [0.3, 0.4) is 0 Å². The summed E-state index contributed by atoms with van der Waals surface area (Å²) in [5.41, 5.74) is 7.29. The van der Waals surface area contributed by atoms with Crippen molar-refractivity contribution in [1.29, 1.82) is 0 Å². The molecule has 26 heavy (non-hydrogen) atoms. The molecule has 2 aromatic carbocycles. The number of pyridine rings is 2. The van der Waals surface area contributed by atoms with E-state index in [1.807, 2.05) is 18.5 Å². The molecule has 0 saturated heterocycles. The molecular formula is C24H24N2. The molecule has 0 aliphatic heterocycles. The SMILES string of the molecule is CCCCCc1ccc2nccc(-c3cc4cccnc4cc3C)c2c1. The molecule has 130 valence electrons. The van der Waals surface area contributed by atoms with Crippen LogP contribution >= 0.6 is 0 Å². The second-order valence-electron chi connectivity index (χ2n) is 7.03. The van der Waals surface area contributed by atoms with E-state index in [1.54, 1.807) is 0 Å². The third kappa shape index (κ3) is 3.20. The standard InChI is InChI=1S/C24H24N2/c1-3-4-5-7-18-9-10-23-22(15-18)20(11-13-26-23)21-16-19-8-6-12-25-24(19)14-17(21)2/h6,8-16H,3-5,7H2,1-2H3. The average Bonchev–Trinajstić information content (AvgIpc) is 2.67. The van der Waals surface area contributed by atoms with Gasteiger partial charge in [-0.25, -0.2) is 0 Å². The van der Waals surface area contributed by atoms with Crippen molar-refractivity contribution in [2.24, 2.45) is 0 Å². The van der Waals surface area contributed by atoms with Crippen LogP contribution in [0.25, 0.3) is 32.9 Å². The monoisotopic (exact) mass is 340 g/mol. The highest BCUT2D eigenvalue weighted by Gasteiger charge is 2.10. The largest absolute Gasteiger partial charge is 0.256 e. The summed E-state index contributed by atoms with van der Waals surface area (Å²) in [6.45, 7) is 4.42. The molecule has 0 atom stereocenters. The molecule has 0 aliphatic carbocycles. The number of unbranched alkanes of at least 4 members (excludes halogenated alkanes) is 2. The summed E-state index contributed by atoms with van der Waals surface area (Å²) in [6.07, 6.45) is 8.70. The molecule has 0 N–H and O–H groups in total. The first-order valence-electron chi connectivity index (χ1n) is 9.49. The molecule has 2 aromatic heterocycles. The zero-order valence-corrected chi connectivity index (χ0v) is 15.5. The average molecular weight is 340 g/mol. The first kappa shape index (κ1) is 16.7. The lowest BCUT2D eigenvalue weighted by molar-refractivity contribution is 0.718. The Morgan fingerprint density at radius 2 is 1.69 bits per heavy atom. The Morgan fingerprint density at radius 3 is 2.58 bits per heavy atom. The fraction of sp³-hybridized carbons (Fsp3) is 0.250. The Bertz CT molecular complexity index is 1070. The van der Waals surface area contributed by atoms with Crippen LogP contribution in [0, 0.1) is 6.92 Å². The normalized spacial score (nSPS) is 11.3. The smallest absolute Gasteiger partial charge is 0.0708 e. The number of nitrogens with zero attached hydrogens (tertiary/aromatic N) is 2. The van der Waals surface area contributed by atoms with Crippen molar-refractivity contribution in [2.75, 3.05) is 0 Å². The van der Waals surface area contributed by atoms with Crippen molar-refractivity contribution in [2.45, 2.75) is 39.5 Å². The molecule has 0 saturated carbocycles. The van der Waals surface area contributed by atoms with Gasteiger partial charge in [0, 0.05) is 23.2 Å². The quantitative estimate of drug-likeness (QED) is 0.388. The Morgan fingerprint density at radius 1 is 0.808 bits per heavy atom. The molecule has 0 bridgehead atoms. The van der Waals surface area contributed by atoms with Gasteiger partial charge in [0.05, 0.1) is 11.0 Å². The van der Waals surface area contributed by atoms with Crippen molar-refractivity contribution < 1.29 is 0 Å². The van der Waals surface area contributed by atoms with E-state index < -0.39 is 0 Å². The lowest BCUT2D eigenvalue weighted by Crippen LogP contribution is -1.91. The van der Waals surface area contributed by atoms with Crippen LogP contribution in [-0.4, -0.2) is 9.97 Å². The highest BCUT2D eigenvalue weighted by atomic mass is 14.7. The highest BCUT2D eigenvalue weighted by Crippen LogP contribution is 2.33. The van der Waals surface area contributed by atoms with Gasteiger partial charge in [-0.1, -0.05) is 31.9 Å². The number of hydrogen-bond acceptors (Lipinski definition) is 2. The summed E-state index contributed by atoms with van der Waals surface area (Å²) in [4.78, 5) is 9.07. The number of fused-ring (bicyclic) bond motifs is 2. The molecule has 0 aliphatic rings. The van der Waals surface area contributed by atoms with E-state index in [0.717, 1.165) is 17.5 Å². The topological polar surface area (TPSA) is 25.8 Å². The molecule has 0 radical (unpaired) electrons. The van der Waals surface area contributed by atoms with Crippen molar-refractivity contribution in [3.05, 3.63) is 72.1 Å². The third-order valence-electron chi connectivity index (χ3n) is 5.11. The van der Waals surface area contributed by atoms with Crippen LogP contribution in [0.1, 0.15) is 37.3 Å². The number of aromatic nitrogens is 2. The van der Waals surface area contributed by atoms with E-state index in [4.69, 9.17) is 0 Å². The molecule has 2 heterocycles. The summed E-state index contributed by atoms with van der Waals surface area (Å²) in [5.74, 6) is 0. The molecule has 0 fully saturated rings. The maximum atomic E-state index is 4.58. The first-order chi connectivity index (χ1) is 12.8. The Hall–Kier alpha value is -2.74. The molecule has 2 nitrogen and oxygen atoms in total. The van der Waals surface area contributed by atoms with Gasteiger partial charge in [-0.15, -0.1) is 0 Å². The summed E-state index contributed by atoms with van der Waals surface area (Å²) in [5, 5.41) is 2.42. The summed E-state index contributed by atoms with van der Waals surface area (Å²) in [6, 6.07) is 17.4. The minimum absolute atomic E-state index is 1.05. The van der Waals surface area contributed by atoms with Gasteiger partial charge in [0.1, 0.15) is 0 Å². The van der Waals surface area contributed by atoms with Crippen molar-refractivity contribution in [1.82, 2.24) is 9.97 Å². The van der Waals surface area contributed by atoms with Crippen LogP contribution < -0.4 is 0 Å². The van der Waals surface area contributed by atoms with Gasteiger partial charge < -0.3 is 0 Å². The van der Waals surface area contributed by atoms with Gasteiger partial charge in [-0.3, -0.25) is 9.97 Å². The number of benzene rings is 2. The van der Waals surface area contributed by atoms with Crippen LogP contribution in [0.15, 0.2) is 60.9 Å². The van der Waals surface area contributed by atoms with Gasteiger partial charge in [0.2, 0.25) is 0 Å². The second kappa shape index (κ2) is 7.25. The van der Waals surface area contributed by atoms with E-state index in [9.17, 15) is 0 Å². The minimum atomic E-state index is 1.05. The summed E-state index contributed by atoms with van der Waals surface area (Å²) < 4.78 is 0. The molecule has 0 amide bonds. The molecule has 4 aromatic rings. The van der Waals surface area contributed by atoms with E-state index >= 15 is 0 Å². The zero-order valence-electron chi connectivity index (χ0n) is 15.5. The molecule has 2 heteroatoms. The summed E-state index contributed by atoms with van der Waals surface area (Å²) in [7, 11) is 0. The molecule has 0 spiro atoms. The van der Waals surface area contributed by atoms with Gasteiger partial charge >= 0.3 is 0 Å². The predicted octanol–water partition coefficient (Wildman–Crippen LogP) is 6.49. The Kier molecular flexibility index (Phi) is 4.66. The maximum absolute atomic E-state index is 4.58. The fourth-order valence-corrected chi connectivity index (χ4v) is 3.68. The number of aryl methyl sites for hydroxylation is 2. The van der Waals surface area contributed by atoms with Crippen molar-refractivity contribution in [3.63, 3.8) is 0 Å². The van der Waals surface area contributed by atoms with Gasteiger partial charge in [0.25, 0.3) is 0 Å². The van der Waals surface area contributed by atoms with Crippen LogP contribution in [0.2, 0.25) is 0 Å². The fourth-order valence-electron chi connectivity index (χ4n) is 3.68. The van der Waals surface area contributed by atoms with Crippen LogP contribution in [0.4, 0.5) is 0 Å². The first-order valence-corrected chi connectivity index (χ1v) is 9.49. The van der Waals surface area contributed by atoms with E-state index in [-0.39, 0.29) is 0 Å². The Balaban J connectivity index is 1.85. The Labute approximate surface area is 154 Å². The van der Waals surface area contributed by atoms with E-state index in [1.165, 1.54) is 52.3 Å². The third-order valence-corrected chi connectivity index (χ3v) is 5.11. The van der Waals surface area contributed by atoms with Crippen molar-refractivity contribution >= 4 is 21.8 Å². The zero-order chi connectivity index (χ0) is 17.9. The predicted molar refractivity (Wildman–Crippen MR) is 110 cm³/mol. The lowest BCUT2D eigenvalue weighted by Gasteiger charge is -2.12. The van der Waals surface area contributed by atoms with Gasteiger partial charge in [0.15, 0.2) is 0 Å². The number of rotatable bonds is 5. The lowest BCUT2D eigenvalue weighted by atomic mass is 9.94. The molecule has 4 rings (SSSR count). The minimum Gasteiger partial charge on any atom is -0.256 e. The van der Waals surface area contributed by atoms with Crippen LogP contribution in [0.5, 0.6) is 0 Å². The van der Waals surface area contributed by atoms with Crippen molar-refractivity contribution in [3.8, 4) is 11.1 Å². The second-order valence-corrected chi connectivity index (χ2v) is 7.03. The maximum Gasteiger partial charge on any atom is 0.0708 e.